The Bertz CT molecular complexity index is 831. The molecule has 1 N–H and O–H groups in total. The number of rotatable bonds is 6. The Morgan fingerprint density at radius 2 is 1.64 bits per heavy atom. The number of hydrogen-bond donors (Lipinski definition) is 1. The Balaban J connectivity index is 2.42. The predicted octanol–water partition coefficient (Wildman–Crippen LogP) is 5.13. The second-order valence-electron chi connectivity index (χ2n) is 7.92. The number of carbonyl (C=O) groups is 2. The molecule has 0 saturated heterocycles. The van der Waals surface area contributed by atoms with Gasteiger partial charge in [-0.05, 0) is 58.2 Å². The molecule has 2 amide bonds. The van der Waals surface area contributed by atoms with Crippen molar-refractivity contribution >= 4 is 11.8 Å². The van der Waals surface area contributed by atoms with E-state index >= 15 is 0 Å². The molecule has 0 radical (unpaired) electrons. The molecule has 2 rings (SSSR count). The number of benzene rings is 1. The van der Waals surface area contributed by atoms with Crippen molar-refractivity contribution in [1.29, 1.82) is 0 Å². The molecule has 0 fully saturated rings. The Kier molecular flexibility index (Phi) is 7.05. The molecule has 5 heteroatoms. The minimum Gasteiger partial charge on any atom is -0.466 e. The lowest BCUT2D eigenvalue weighted by molar-refractivity contribution is 0.0399. The smallest absolute Gasteiger partial charge is 0.273 e. The van der Waals surface area contributed by atoms with Crippen molar-refractivity contribution in [2.24, 2.45) is 5.92 Å². The Labute approximate surface area is 168 Å². The second kappa shape index (κ2) is 9.09. The first-order valence-electron chi connectivity index (χ1n) is 9.93. The van der Waals surface area contributed by atoms with Gasteiger partial charge in [0.1, 0.15) is 11.5 Å². The molecule has 152 valence electrons. The van der Waals surface area contributed by atoms with Crippen LogP contribution in [0.25, 0.3) is 0 Å². The van der Waals surface area contributed by atoms with Crippen LogP contribution in [-0.2, 0) is 0 Å². The van der Waals surface area contributed by atoms with Crippen molar-refractivity contribution < 1.29 is 14.0 Å². The van der Waals surface area contributed by atoms with Gasteiger partial charge in [-0.15, -0.1) is 0 Å². The molecule has 0 spiro atoms. The van der Waals surface area contributed by atoms with Gasteiger partial charge in [-0.25, -0.2) is 5.01 Å². The monoisotopic (exact) mass is 384 g/mol. The van der Waals surface area contributed by atoms with Crippen LogP contribution in [0.15, 0.2) is 28.7 Å². The maximum atomic E-state index is 13.4. The van der Waals surface area contributed by atoms with Crippen LogP contribution >= 0.6 is 0 Å². The number of nitrogens with zero attached hydrogens (tertiary/aromatic N) is 1. The van der Waals surface area contributed by atoms with Gasteiger partial charge in [0.05, 0.1) is 11.6 Å². The normalized spacial score (nSPS) is 12.1. The number of hydrogen-bond acceptors (Lipinski definition) is 3. The average Bonchev–Trinajstić information content (AvgIpc) is 2.94. The van der Waals surface area contributed by atoms with Gasteiger partial charge in [-0.1, -0.05) is 44.4 Å². The summed E-state index contributed by atoms with van der Waals surface area (Å²) in [5, 5.41) is 1.52. The SMILES string of the molecule is CCCC(C(C)C)N(NC(=O)c1cc(C)oc1C)C(=O)c1cc(C)cc(C)c1. The predicted molar refractivity (Wildman–Crippen MR) is 111 cm³/mol. The topological polar surface area (TPSA) is 62.6 Å². The van der Waals surface area contributed by atoms with Crippen LogP contribution in [0.1, 0.15) is 77.0 Å². The van der Waals surface area contributed by atoms with Gasteiger partial charge in [0, 0.05) is 5.56 Å². The first kappa shape index (κ1) is 21.7. The quantitative estimate of drug-likeness (QED) is 0.703. The summed E-state index contributed by atoms with van der Waals surface area (Å²) in [6, 6.07) is 7.36. The maximum absolute atomic E-state index is 13.4. The Morgan fingerprint density at radius 3 is 2.11 bits per heavy atom. The van der Waals surface area contributed by atoms with Crippen LogP contribution in [0.5, 0.6) is 0 Å². The molecule has 1 atom stereocenters. The van der Waals surface area contributed by atoms with Crippen molar-refractivity contribution in [3.05, 3.63) is 58.0 Å². The molecule has 5 nitrogen and oxygen atoms in total. The lowest BCUT2D eigenvalue weighted by Gasteiger charge is -2.34. The van der Waals surface area contributed by atoms with E-state index < -0.39 is 0 Å². The molecular formula is C23H32N2O3. The van der Waals surface area contributed by atoms with E-state index in [1.54, 1.807) is 19.9 Å². The van der Waals surface area contributed by atoms with Gasteiger partial charge in [-0.3, -0.25) is 15.0 Å². The fourth-order valence-corrected chi connectivity index (χ4v) is 3.60. The van der Waals surface area contributed by atoms with Crippen LogP contribution < -0.4 is 5.43 Å². The van der Waals surface area contributed by atoms with Crippen molar-refractivity contribution in [2.75, 3.05) is 0 Å². The minimum absolute atomic E-state index is 0.101. The van der Waals surface area contributed by atoms with Gasteiger partial charge in [-0.2, -0.15) is 0 Å². The highest BCUT2D eigenvalue weighted by atomic mass is 16.3. The van der Waals surface area contributed by atoms with Crippen LogP contribution in [0.2, 0.25) is 0 Å². The van der Waals surface area contributed by atoms with Crippen LogP contribution in [0, 0.1) is 33.6 Å². The molecule has 0 aliphatic rings. The molecular weight excluding hydrogens is 352 g/mol. The zero-order valence-corrected chi connectivity index (χ0v) is 18.1. The molecule has 1 aromatic carbocycles. The summed E-state index contributed by atoms with van der Waals surface area (Å²) in [6.45, 7) is 13.7. The molecule has 0 aliphatic carbocycles. The molecule has 1 aromatic heterocycles. The van der Waals surface area contributed by atoms with E-state index in [0.29, 0.717) is 22.6 Å². The van der Waals surface area contributed by atoms with Gasteiger partial charge in [0.25, 0.3) is 11.8 Å². The van der Waals surface area contributed by atoms with E-state index in [1.807, 2.05) is 32.0 Å². The maximum Gasteiger partial charge on any atom is 0.273 e. The van der Waals surface area contributed by atoms with Gasteiger partial charge in [0.2, 0.25) is 0 Å². The largest absolute Gasteiger partial charge is 0.466 e. The van der Waals surface area contributed by atoms with E-state index in [1.165, 1.54) is 5.01 Å². The number of carbonyl (C=O) groups excluding carboxylic acids is 2. The zero-order chi connectivity index (χ0) is 21.0. The van der Waals surface area contributed by atoms with E-state index in [9.17, 15) is 9.59 Å². The van der Waals surface area contributed by atoms with E-state index in [2.05, 4.69) is 26.2 Å². The highest BCUT2D eigenvalue weighted by Crippen LogP contribution is 2.21. The summed E-state index contributed by atoms with van der Waals surface area (Å²) in [7, 11) is 0. The summed E-state index contributed by atoms with van der Waals surface area (Å²) in [5.74, 6) is 0.899. The highest BCUT2D eigenvalue weighted by Gasteiger charge is 2.29. The Morgan fingerprint density at radius 1 is 1.04 bits per heavy atom. The fourth-order valence-electron chi connectivity index (χ4n) is 3.60. The third-order valence-corrected chi connectivity index (χ3v) is 4.88. The number of amides is 2. The highest BCUT2D eigenvalue weighted by molar-refractivity contribution is 6.00. The standard InChI is InChI=1S/C23H32N2O3/c1-8-9-21(14(2)3)25(23(27)19-11-15(4)10-16(5)12-19)24-22(26)20-13-17(6)28-18(20)7/h10-14,21H,8-9H2,1-7H3,(H,24,26). The van der Waals surface area contributed by atoms with Crippen molar-refractivity contribution in [2.45, 2.75) is 67.3 Å². The number of nitrogens with one attached hydrogen (secondary N) is 1. The number of aryl methyl sites for hydroxylation is 4. The van der Waals surface area contributed by atoms with Crippen molar-refractivity contribution in [1.82, 2.24) is 10.4 Å². The molecule has 1 unspecified atom stereocenters. The molecule has 0 bridgehead atoms. The van der Waals surface area contributed by atoms with Gasteiger partial charge in [0.15, 0.2) is 0 Å². The third-order valence-electron chi connectivity index (χ3n) is 4.88. The van der Waals surface area contributed by atoms with Crippen molar-refractivity contribution in [3.63, 3.8) is 0 Å². The minimum atomic E-state index is -0.325. The molecule has 2 aromatic rings. The first-order valence-corrected chi connectivity index (χ1v) is 9.93. The average molecular weight is 385 g/mol. The van der Waals surface area contributed by atoms with Crippen LogP contribution in [0.4, 0.5) is 0 Å². The number of hydrazine groups is 1. The molecule has 0 saturated carbocycles. The number of furan rings is 1. The fraction of sp³-hybridized carbons (Fsp3) is 0.478. The summed E-state index contributed by atoms with van der Waals surface area (Å²) < 4.78 is 5.48. The molecule has 28 heavy (non-hydrogen) atoms. The summed E-state index contributed by atoms with van der Waals surface area (Å²) in [5.41, 5.74) is 5.95. The summed E-state index contributed by atoms with van der Waals surface area (Å²) in [4.78, 5) is 26.3. The first-order chi connectivity index (χ1) is 13.1. The van der Waals surface area contributed by atoms with Gasteiger partial charge < -0.3 is 4.42 Å². The van der Waals surface area contributed by atoms with Crippen LogP contribution in [0.3, 0.4) is 0 Å². The molecule has 0 aliphatic heterocycles. The lowest BCUT2D eigenvalue weighted by atomic mass is 9.97. The summed E-state index contributed by atoms with van der Waals surface area (Å²) in [6.07, 6.45) is 1.72. The molecule has 1 heterocycles. The van der Waals surface area contributed by atoms with E-state index in [-0.39, 0.29) is 23.8 Å². The van der Waals surface area contributed by atoms with E-state index in [0.717, 1.165) is 24.0 Å². The summed E-state index contributed by atoms with van der Waals surface area (Å²) >= 11 is 0. The van der Waals surface area contributed by atoms with Crippen LogP contribution in [-0.4, -0.2) is 22.9 Å². The Hall–Kier alpha value is -2.56. The second-order valence-corrected chi connectivity index (χ2v) is 7.92. The zero-order valence-electron chi connectivity index (χ0n) is 18.1. The van der Waals surface area contributed by atoms with Gasteiger partial charge >= 0.3 is 0 Å². The van der Waals surface area contributed by atoms with E-state index in [4.69, 9.17) is 4.42 Å². The van der Waals surface area contributed by atoms with Crippen molar-refractivity contribution in [3.8, 4) is 0 Å². The third kappa shape index (κ3) is 5.03. The lowest BCUT2D eigenvalue weighted by Crippen LogP contribution is -2.53.